The number of piperidine rings is 1. The SMILES string of the molecule is CS(=O)(=O)c1ccc(-c2nc3cc(C4CCN(C(=O)O)CC4)ccc3s2)c(F)c1. The second-order valence-corrected chi connectivity index (χ2v) is 10.3. The molecule has 9 heteroatoms. The zero-order valence-corrected chi connectivity index (χ0v) is 17.3. The van der Waals surface area contributed by atoms with E-state index in [-0.39, 0.29) is 16.4 Å². The molecule has 1 aliphatic rings. The van der Waals surface area contributed by atoms with Crippen LogP contribution >= 0.6 is 11.3 Å². The van der Waals surface area contributed by atoms with E-state index in [4.69, 9.17) is 5.11 Å². The van der Waals surface area contributed by atoms with Crippen LogP contribution in [0.5, 0.6) is 0 Å². The summed E-state index contributed by atoms with van der Waals surface area (Å²) in [6.45, 7) is 1.02. The second-order valence-electron chi connectivity index (χ2n) is 7.20. The van der Waals surface area contributed by atoms with E-state index in [9.17, 15) is 17.6 Å². The number of aromatic nitrogens is 1. The summed E-state index contributed by atoms with van der Waals surface area (Å²) in [6, 6.07) is 9.83. The molecule has 1 aromatic heterocycles. The highest BCUT2D eigenvalue weighted by Crippen LogP contribution is 2.35. The zero-order chi connectivity index (χ0) is 20.8. The molecule has 29 heavy (non-hydrogen) atoms. The number of benzene rings is 2. The van der Waals surface area contributed by atoms with Crippen molar-refractivity contribution in [3.63, 3.8) is 0 Å². The summed E-state index contributed by atoms with van der Waals surface area (Å²) in [5.74, 6) is -0.348. The zero-order valence-electron chi connectivity index (χ0n) is 15.6. The van der Waals surface area contributed by atoms with Crippen LogP contribution in [0.2, 0.25) is 0 Å². The van der Waals surface area contributed by atoms with E-state index in [1.807, 2.05) is 18.2 Å². The first-order valence-electron chi connectivity index (χ1n) is 9.11. The van der Waals surface area contributed by atoms with Gasteiger partial charge in [-0.2, -0.15) is 0 Å². The van der Waals surface area contributed by atoms with Crippen LogP contribution in [0.3, 0.4) is 0 Å². The van der Waals surface area contributed by atoms with Gasteiger partial charge in [-0.1, -0.05) is 6.07 Å². The summed E-state index contributed by atoms with van der Waals surface area (Å²) in [5.41, 5.74) is 2.14. The van der Waals surface area contributed by atoms with Crippen LogP contribution in [0.25, 0.3) is 20.8 Å². The molecule has 0 saturated carbocycles. The smallest absolute Gasteiger partial charge is 0.407 e. The molecule has 0 unspecified atom stereocenters. The third-order valence-electron chi connectivity index (χ3n) is 5.25. The number of carbonyl (C=O) groups is 1. The minimum atomic E-state index is -3.47. The number of sulfone groups is 1. The van der Waals surface area contributed by atoms with Gasteiger partial charge in [0.2, 0.25) is 0 Å². The van der Waals surface area contributed by atoms with Gasteiger partial charge in [0.1, 0.15) is 10.8 Å². The molecule has 1 fully saturated rings. The summed E-state index contributed by atoms with van der Waals surface area (Å²) in [5, 5.41) is 9.58. The van der Waals surface area contributed by atoms with E-state index < -0.39 is 21.7 Å². The first kappa shape index (κ1) is 19.8. The van der Waals surface area contributed by atoms with Crippen LogP contribution < -0.4 is 0 Å². The van der Waals surface area contributed by atoms with Gasteiger partial charge in [0.15, 0.2) is 9.84 Å². The van der Waals surface area contributed by atoms with Crippen LogP contribution in [-0.2, 0) is 9.84 Å². The molecule has 1 N–H and O–H groups in total. The Labute approximate surface area is 171 Å². The topological polar surface area (TPSA) is 87.6 Å². The van der Waals surface area contributed by atoms with Crippen molar-refractivity contribution in [3.05, 3.63) is 47.8 Å². The Balaban J connectivity index is 1.62. The first-order valence-corrected chi connectivity index (χ1v) is 11.8. The number of rotatable bonds is 3. The maximum Gasteiger partial charge on any atom is 0.407 e. The van der Waals surface area contributed by atoms with Crippen molar-refractivity contribution in [1.29, 1.82) is 0 Å². The average molecular weight is 435 g/mol. The summed E-state index contributed by atoms with van der Waals surface area (Å²) in [6.07, 6.45) is 1.68. The fourth-order valence-electron chi connectivity index (χ4n) is 3.62. The summed E-state index contributed by atoms with van der Waals surface area (Å²) >= 11 is 1.35. The largest absolute Gasteiger partial charge is 0.465 e. The molecule has 2 aromatic carbocycles. The minimum Gasteiger partial charge on any atom is -0.465 e. The molecular formula is C20H19FN2O4S2. The second kappa shape index (κ2) is 7.38. The van der Waals surface area contributed by atoms with Crippen molar-refractivity contribution >= 4 is 37.5 Å². The molecule has 0 bridgehead atoms. The third-order valence-corrected chi connectivity index (χ3v) is 7.43. The number of likely N-dealkylation sites (tertiary alicyclic amines) is 1. The Morgan fingerprint density at radius 3 is 2.55 bits per heavy atom. The van der Waals surface area contributed by atoms with Crippen LogP contribution in [0, 0.1) is 5.82 Å². The molecule has 152 valence electrons. The lowest BCUT2D eigenvalue weighted by molar-refractivity contribution is 0.132. The molecular weight excluding hydrogens is 415 g/mol. The van der Waals surface area contributed by atoms with Crippen molar-refractivity contribution < 1.29 is 22.7 Å². The van der Waals surface area contributed by atoms with E-state index in [1.165, 1.54) is 28.4 Å². The predicted octanol–water partition coefficient (Wildman–Crippen LogP) is 4.36. The molecule has 1 saturated heterocycles. The Morgan fingerprint density at radius 2 is 1.93 bits per heavy atom. The van der Waals surface area contributed by atoms with E-state index in [0.717, 1.165) is 40.9 Å². The standard InChI is InChI=1S/C20H19FN2O4S2/c1-29(26,27)14-3-4-15(16(21)11-14)19-22-17-10-13(2-5-18(17)28-19)12-6-8-23(9-7-12)20(24)25/h2-5,10-12H,6-9H2,1H3,(H,24,25). The molecule has 0 aliphatic carbocycles. The van der Waals surface area contributed by atoms with Gasteiger partial charge >= 0.3 is 6.09 Å². The van der Waals surface area contributed by atoms with Gasteiger partial charge < -0.3 is 10.0 Å². The number of halogens is 1. The summed E-state index contributed by atoms with van der Waals surface area (Å²) < 4.78 is 38.6. The molecule has 0 radical (unpaired) electrons. The van der Waals surface area contributed by atoms with Crippen LogP contribution in [0.1, 0.15) is 24.3 Å². The van der Waals surface area contributed by atoms with Crippen LogP contribution in [0.15, 0.2) is 41.3 Å². The molecule has 0 spiro atoms. The fourth-order valence-corrected chi connectivity index (χ4v) is 5.22. The fraction of sp³-hybridized carbons (Fsp3) is 0.300. The molecule has 2 heterocycles. The van der Waals surface area contributed by atoms with Crippen molar-refractivity contribution in [2.45, 2.75) is 23.7 Å². The summed E-state index contributed by atoms with van der Waals surface area (Å²) in [7, 11) is -3.47. The molecule has 6 nitrogen and oxygen atoms in total. The van der Waals surface area contributed by atoms with Crippen LogP contribution in [-0.4, -0.2) is 48.8 Å². The minimum absolute atomic E-state index is 0.0603. The third kappa shape index (κ3) is 3.97. The number of thiazole rings is 1. The number of carboxylic acid groups (broad SMARTS) is 1. The molecule has 3 aromatic rings. The summed E-state index contributed by atoms with van der Waals surface area (Å²) in [4.78, 5) is 17.0. The molecule has 4 rings (SSSR count). The highest BCUT2D eigenvalue weighted by Gasteiger charge is 2.24. The van der Waals surface area contributed by atoms with E-state index >= 15 is 0 Å². The maximum atomic E-state index is 14.5. The Hall–Kier alpha value is -2.52. The van der Waals surface area contributed by atoms with Crippen molar-refractivity contribution in [1.82, 2.24) is 9.88 Å². The lowest BCUT2D eigenvalue weighted by atomic mass is 9.89. The van der Waals surface area contributed by atoms with Gasteiger partial charge in [0.05, 0.1) is 15.1 Å². The Kier molecular flexibility index (Phi) is 5.04. The van der Waals surface area contributed by atoms with Crippen molar-refractivity contribution in [3.8, 4) is 10.6 Å². The molecule has 1 amide bonds. The monoisotopic (exact) mass is 434 g/mol. The van der Waals surface area contributed by atoms with Gasteiger partial charge in [0, 0.05) is 24.9 Å². The highest BCUT2D eigenvalue weighted by atomic mass is 32.2. The van der Waals surface area contributed by atoms with E-state index in [0.29, 0.717) is 18.1 Å². The van der Waals surface area contributed by atoms with Gasteiger partial charge in [-0.05, 0) is 54.7 Å². The molecule has 1 aliphatic heterocycles. The first-order chi connectivity index (χ1) is 13.7. The van der Waals surface area contributed by atoms with Gasteiger partial charge in [0.25, 0.3) is 0 Å². The number of hydrogen-bond donors (Lipinski definition) is 1. The number of amides is 1. The Bertz CT molecular complexity index is 1200. The predicted molar refractivity (Wildman–Crippen MR) is 110 cm³/mol. The van der Waals surface area contributed by atoms with Gasteiger partial charge in [-0.3, -0.25) is 0 Å². The van der Waals surface area contributed by atoms with Crippen LogP contribution in [0.4, 0.5) is 9.18 Å². The van der Waals surface area contributed by atoms with Gasteiger partial charge in [-0.25, -0.2) is 22.6 Å². The quantitative estimate of drug-likeness (QED) is 0.662. The number of fused-ring (bicyclic) bond motifs is 1. The lowest BCUT2D eigenvalue weighted by Crippen LogP contribution is -2.36. The Morgan fingerprint density at radius 1 is 1.21 bits per heavy atom. The molecule has 0 atom stereocenters. The number of hydrogen-bond acceptors (Lipinski definition) is 5. The average Bonchev–Trinajstić information content (AvgIpc) is 3.10. The van der Waals surface area contributed by atoms with E-state index in [1.54, 1.807) is 0 Å². The van der Waals surface area contributed by atoms with E-state index in [2.05, 4.69) is 4.98 Å². The van der Waals surface area contributed by atoms with Crippen molar-refractivity contribution in [2.24, 2.45) is 0 Å². The number of nitrogens with zero attached hydrogens (tertiary/aromatic N) is 2. The lowest BCUT2D eigenvalue weighted by Gasteiger charge is -2.30. The van der Waals surface area contributed by atoms with Gasteiger partial charge in [-0.15, -0.1) is 11.3 Å². The normalized spacial score (nSPS) is 15.7. The van der Waals surface area contributed by atoms with Crippen molar-refractivity contribution in [2.75, 3.05) is 19.3 Å². The highest BCUT2D eigenvalue weighted by molar-refractivity contribution is 7.90. The maximum absolute atomic E-state index is 14.5.